The Kier molecular flexibility index (Phi) is 6.89. The zero-order chi connectivity index (χ0) is 22.6. The molecule has 7 heteroatoms. The lowest BCUT2D eigenvalue weighted by atomic mass is 9.91. The molecule has 0 bridgehead atoms. The molecule has 168 valence electrons. The minimum Gasteiger partial charge on any atom is -0.469 e. The summed E-state index contributed by atoms with van der Waals surface area (Å²) < 4.78 is 39.6. The number of rotatable bonds is 7. The van der Waals surface area contributed by atoms with Gasteiger partial charge in [-0.2, -0.15) is 4.31 Å². The van der Waals surface area contributed by atoms with Crippen molar-refractivity contribution < 1.29 is 22.7 Å². The van der Waals surface area contributed by atoms with Gasteiger partial charge in [0.25, 0.3) is 0 Å². The number of piperidine rings is 1. The molecule has 0 N–H and O–H groups in total. The van der Waals surface area contributed by atoms with E-state index in [4.69, 9.17) is 9.47 Å². The molecule has 0 aliphatic carbocycles. The Morgan fingerprint density at radius 2 is 1.72 bits per heavy atom. The minimum atomic E-state index is -3.83. The number of hydrogen-bond donors (Lipinski definition) is 0. The van der Waals surface area contributed by atoms with Crippen molar-refractivity contribution in [3.8, 4) is 0 Å². The maximum Gasteiger partial charge on any atom is 0.310 e. The number of esters is 1. The summed E-state index contributed by atoms with van der Waals surface area (Å²) in [7, 11) is -2.49. The highest BCUT2D eigenvalue weighted by atomic mass is 32.2. The summed E-state index contributed by atoms with van der Waals surface area (Å²) >= 11 is 0. The predicted molar refractivity (Wildman–Crippen MR) is 122 cm³/mol. The van der Waals surface area contributed by atoms with E-state index in [9.17, 15) is 13.2 Å². The van der Waals surface area contributed by atoms with E-state index in [1.807, 2.05) is 60.7 Å². The van der Waals surface area contributed by atoms with Gasteiger partial charge in [-0.15, -0.1) is 0 Å². The van der Waals surface area contributed by atoms with Crippen LogP contribution < -0.4 is 0 Å². The lowest BCUT2D eigenvalue weighted by Gasteiger charge is -2.38. The van der Waals surface area contributed by atoms with Gasteiger partial charge in [-0.05, 0) is 41.3 Å². The Bertz CT molecular complexity index is 1180. The predicted octanol–water partition coefficient (Wildman–Crippen LogP) is 4.00. The number of methoxy groups -OCH3 is 1. The number of hydrogen-bond acceptors (Lipinski definition) is 5. The second kappa shape index (κ2) is 9.81. The monoisotopic (exact) mass is 453 g/mol. The maximum atomic E-state index is 13.6. The molecule has 1 fully saturated rings. The molecule has 2 unspecified atom stereocenters. The molecule has 0 radical (unpaired) electrons. The van der Waals surface area contributed by atoms with E-state index in [0.717, 1.165) is 16.3 Å². The molecule has 4 rings (SSSR count). The molecule has 0 aromatic heterocycles. The van der Waals surface area contributed by atoms with Gasteiger partial charge < -0.3 is 9.47 Å². The minimum absolute atomic E-state index is 0.113. The van der Waals surface area contributed by atoms with Crippen LogP contribution in [0.3, 0.4) is 0 Å². The second-order valence-corrected chi connectivity index (χ2v) is 9.86. The molecule has 1 aliphatic heterocycles. The number of ether oxygens (including phenoxy) is 2. The average Bonchev–Trinajstić information content (AvgIpc) is 2.83. The lowest BCUT2D eigenvalue weighted by molar-refractivity contribution is -0.149. The van der Waals surface area contributed by atoms with Gasteiger partial charge in [-0.1, -0.05) is 60.7 Å². The molecule has 6 nitrogen and oxygen atoms in total. The van der Waals surface area contributed by atoms with E-state index in [0.29, 0.717) is 26.0 Å². The molecule has 0 spiro atoms. The van der Waals surface area contributed by atoms with Crippen molar-refractivity contribution in [2.24, 2.45) is 5.92 Å². The number of carbonyl (C=O) groups is 1. The molecule has 2 atom stereocenters. The Morgan fingerprint density at radius 3 is 2.47 bits per heavy atom. The van der Waals surface area contributed by atoms with Crippen LogP contribution in [-0.2, 0) is 30.9 Å². The van der Waals surface area contributed by atoms with Gasteiger partial charge in [-0.3, -0.25) is 4.79 Å². The van der Waals surface area contributed by atoms with Crippen molar-refractivity contribution in [1.29, 1.82) is 0 Å². The van der Waals surface area contributed by atoms with Gasteiger partial charge >= 0.3 is 5.97 Å². The molecule has 1 saturated heterocycles. The van der Waals surface area contributed by atoms with Crippen LogP contribution in [0.25, 0.3) is 10.8 Å². The molecule has 0 amide bonds. The van der Waals surface area contributed by atoms with Gasteiger partial charge in [0.2, 0.25) is 10.0 Å². The quantitative estimate of drug-likeness (QED) is 0.506. The van der Waals surface area contributed by atoms with Crippen molar-refractivity contribution in [2.45, 2.75) is 30.4 Å². The van der Waals surface area contributed by atoms with Crippen LogP contribution >= 0.6 is 0 Å². The van der Waals surface area contributed by atoms with Crippen LogP contribution in [0.5, 0.6) is 0 Å². The number of carbonyl (C=O) groups excluding carboxylic acids is 1. The van der Waals surface area contributed by atoms with Crippen LogP contribution in [0, 0.1) is 5.92 Å². The number of nitrogens with zero attached hydrogens (tertiary/aromatic N) is 1. The Labute approximate surface area is 188 Å². The smallest absolute Gasteiger partial charge is 0.310 e. The molecular formula is C25H27NO5S. The summed E-state index contributed by atoms with van der Waals surface area (Å²) in [5.74, 6) is -0.975. The first kappa shape index (κ1) is 22.5. The average molecular weight is 454 g/mol. The summed E-state index contributed by atoms with van der Waals surface area (Å²) in [6.45, 7) is 0.790. The Balaban J connectivity index is 1.62. The van der Waals surface area contributed by atoms with E-state index < -0.39 is 28.0 Å². The van der Waals surface area contributed by atoms with E-state index in [1.54, 1.807) is 12.1 Å². The van der Waals surface area contributed by atoms with Crippen molar-refractivity contribution in [2.75, 3.05) is 20.3 Å². The maximum absolute atomic E-state index is 13.6. The van der Waals surface area contributed by atoms with Crippen molar-refractivity contribution >= 4 is 26.8 Å². The summed E-state index contributed by atoms with van der Waals surface area (Å²) in [4.78, 5) is 12.7. The molecule has 3 aromatic carbocycles. The number of sulfonamides is 1. The third kappa shape index (κ3) is 4.70. The molecule has 1 aliphatic rings. The topological polar surface area (TPSA) is 72.9 Å². The highest BCUT2D eigenvalue weighted by Crippen LogP contribution is 2.31. The first-order valence-electron chi connectivity index (χ1n) is 10.7. The van der Waals surface area contributed by atoms with Crippen LogP contribution in [-0.4, -0.2) is 45.0 Å². The zero-order valence-corrected chi connectivity index (χ0v) is 18.8. The summed E-state index contributed by atoms with van der Waals surface area (Å²) in [6.07, 6.45) is 1.15. The van der Waals surface area contributed by atoms with Crippen molar-refractivity contribution in [1.82, 2.24) is 4.31 Å². The highest BCUT2D eigenvalue weighted by Gasteiger charge is 2.42. The molecule has 3 aromatic rings. The van der Waals surface area contributed by atoms with Gasteiger partial charge in [0, 0.05) is 6.54 Å². The SMILES string of the molecule is COC(=O)C1CCCN(S(=O)(=O)c2ccc3ccccc3c2)C1COCc1ccccc1. The third-order valence-electron chi connectivity index (χ3n) is 5.96. The molecular weight excluding hydrogens is 426 g/mol. The fraction of sp³-hybridized carbons (Fsp3) is 0.320. The van der Waals surface area contributed by atoms with Crippen LogP contribution in [0.4, 0.5) is 0 Å². The van der Waals surface area contributed by atoms with E-state index in [2.05, 4.69) is 0 Å². The number of benzene rings is 3. The summed E-state index contributed by atoms with van der Waals surface area (Å²) in [5, 5.41) is 1.83. The second-order valence-electron chi connectivity index (χ2n) is 7.96. The van der Waals surface area contributed by atoms with Gasteiger partial charge in [0.1, 0.15) is 0 Å². The Hall–Kier alpha value is -2.74. The zero-order valence-electron chi connectivity index (χ0n) is 18.0. The van der Waals surface area contributed by atoms with Gasteiger partial charge in [-0.25, -0.2) is 8.42 Å². The van der Waals surface area contributed by atoms with Crippen molar-refractivity contribution in [3.05, 3.63) is 78.4 Å². The van der Waals surface area contributed by atoms with Gasteiger partial charge in [0.05, 0.1) is 37.2 Å². The first-order chi connectivity index (χ1) is 15.5. The fourth-order valence-corrected chi connectivity index (χ4v) is 6.01. The summed E-state index contributed by atoms with van der Waals surface area (Å²) in [5.41, 5.74) is 0.988. The number of fused-ring (bicyclic) bond motifs is 1. The van der Waals surface area contributed by atoms with Crippen molar-refractivity contribution in [3.63, 3.8) is 0 Å². The van der Waals surface area contributed by atoms with Crippen LogP contribution in [0.2, 0.25) is 0 Å². The lowest BCUT2D eigenvalue weighted by Crippen LogP contribution is -2.53. The largest absolute Gasteiger partial charge is 0.469 e. The fourth-order valence-electron chi connectivity index (χ4n) is 4.28. The van der Waals surface area contributed by atoms with E-state index in [-0.39, 0.29) is 11.5 Å². The Morgan fingerprint density at radius 1 is 1.00 bits per heavy atom. The molecule has 32 heavy (non-hydrogen) atoms. The van der Waals surface area contributed by atoms with E-state index in [1.165, 1.54) is 11.4 Å². The molecule has 1 heterocycles. The standard InChI is InChI=1S/C25H27NO5S/c1-30-25(27)23-12-7-15-26(24(23)18-31-17-19-8-3-2-4-9-19)32(28,29)22-14-13-20-10-5-6-11-21(20)16-22/h2-6,8-11,13-14,16,23-24H,7,12,15,17-18H2,1H3. The normalized spacial score (nSPS) is 19.7. The third-order valence-corrected chi connectivity index (χ3v) is 7.88. The van der Waals surface area contributed by atoms with Crippen LogP contribution in [0.1, 0.15) is 18.4 Å². The summed E-state index contributed by atoms with van der Waals surface area (Å²) in [6, 6.07) is 21.8. The van der Waals surface area contributed by atoms with Gasteiger partial charge in [0.15, 0.2) is 0 Å². The highest BCUT2D eigenvalue weighted by molar-refractivity contribution is 7.89. The van der Waals surface area contributed by atoms with E-state index >= 15 is 0 Å². The molecule has 0 saturated carbocycles. The first-order valence-corrected chi connectivity index (χ1v) is 12.1. The van der Waals surface area contributed by atoms with Crippen LogP contribution in [0.15, 0.2) is 77.7 Å².